The predicted molar refractivity (Wildman–Crippen MR) is 156 cm³/mol. The molecule has 40 heavy (non-hydrogen) atoms. The monoisotopic (exact) mass is 542 g/mol. The van der Waals surface area contributed by atoms with E-state index in [-0.39, 0.29) is 12.8 Å². The molecule has 0 unspecified atom stereocenters. The van der Waals surface area contributed by atoms with Crippen LogP contribution in [0.3, 0.4) is 0 Å². The van der Waals surface area contributed by atoms with Crippen molar-refractivity contribution in [2.24, 2.45) is 0 Å². The molecule has 2 saturated heterocycles. The smallest absolute Gasteiger partial charge is 0.311 e. The number of nitrogens with zero attached hydrogens (tertiary/aromatic N) is 2. The van der Waals surface area contributed by atoms with E-state index >= 15 is 0 Å². The highest BCUT2D eigenvalue weighted by molar-refractivity contribution is 5.93. The van der Waals surface area contributed by atoms with Crippen molar-refractivity contribution in [2.45, 2.75) is 51.4 Å². The molecule has 0 amide bonds. The van der Waals surface area contributed by atoms with Crippen molar-refractivity contribution in [1.29, 1.82) is 0 Å². The number of esters is 2. The van der Waals surface area contributed by atoms with Gasteiger partial charge in [0.1, 0.15) is 11.5 Å². The molecule has 2 aromatic heterocycles. The highest BCUT2D eigenvalue weighted by Gasteiger charge is 2.19. The molecule has 0 saturated carbocycles. The van der Waals surface area contributed by atoms with Crippen molar-refractivity contribution in [3.8, 4) is 11.5 Å². The molecule has 2 aliphatic rings. The second-order valence-electron chi connectivity index (χ2n) is 11.0. The van der Waals surface area contributed by atoms with E-state index in [1.165, 1.54) is 25.7 Å². The Labute approximate surface area is 234 Å². The van der Waals surface area contributed by atoms with Gasteiger partial charge in [-0.1, -0.05) is 12.1 Å². The Bertz CT molecular complexity index is 1360. The Morgan fingerprint density at radius 1 is 0.650 bits per heavy atom. The lowest BCUT2D eigenvalue weighted by molar-refractivity contribution is -0.140. The third-order valence-corrected chi connectivity index (χ3v) is 8.27. The zero-order valence-corrected chi connectivity index (χ0v) is 23.0. The third-order valence-electron chi connectivity index (χ3n) is 8.27. The summed E-state index contributed by atoms with van der Waals surface area (Å²) in [4.78, 5) is 37.1. The molecule has 6 rings (SSSR count). The van der Waals surface area contributed by atoms with Crippen molar-refractivity contribution < 1.29 is 19.1 Å². The lowest BCUT2D eigenvalue weighted by Crippen LogP contribution is -2.21. The van der Waals surface area contributed by atoms with Crippen LogP contribution in [0.1, 0.15) is 49.7 Å². The maximum atomic E-state index is 12.8. The van der Waals surface area contributed by atoms with Crippen LogP contribution in [0.2, 0.25) is 0 Å². The zero-order valence-electron chi connectivity index (χ0n) is 23.0. The standard InChI is InChI=1S/C32H38N4O4/c37-29(39-27-9-5-7-25-31(27)23(21-33-25)13-19-35-15-1-2-16-35)11-12-30(38)40-28-10-6-8-26-32(28)24(22-34-26)14-20-36-17-3-4-18-36/h5-10,21-22,33-34H,1-4,11-20H2. The van der Waals surface area contributed by atoms with Gasteiger partial charge in [0.15, 0.2) is 0 Å². The highest BCUT2D eigenvalue weighted by atomic mass is 16.5. The van der Waals surface area contributed by atoms with Gasteiger partial charge in [0.25, 0.3) is 0 Å². The van der Waals surface area contributed by atoms with Gasteiger partial charge in [0.05, 0.1) is 12.8 Å². The molecule has 2 aromatic carbocycles. The topological polar surface area (TPSA) is 90.7 Å². The molecule has 8 heteroatoms. The number of ether oxygens (including phenoxy) is 2. The lowest BCUT2D eigenvalue weighted by atomic mass is 10.1. The third kappa shape index (κ3) is 6.08. The first-order valence-electron chi connectivity index (χ1n) is 14.7. The summed E-state index contributed by atoms with van der Waals surface area (Å²) in [7, 11) is 0. The van der Waals surface area contributed by atoms with E-state index in [0.717, 1.165) is 85.0 Å². The van der Waals surface area contributed by atoms with E-state index in [2.05, 4.69) is 19.8 Å². The van der Waals surface area contributed by atoms with E-state index in [4.69, 9.17) is 9.47 Å². The molecule has 4 heterocycles. The average Bonchev–Trinajstić information content (AvgIpc) is 3.77. The van der Waals surface area contributed by atoms with Gasteiger partial charge in [-0.05, 0) is 100 Å². The number of carbonyl (C=O) groups is 2. The summed E-state index contributed by atoms with van der Waals surface area (Å²) in [5.74, 6) is 0.186. The van der Waals surface area contributed by atoms with Gasteiger partial charge in [0.2, 0.25) is 0 Å². The van der Waals surface area contributed by atoms with Gasteiger partial charge in [-0.3, -0.25) is 9.59 Å². The number of benzene rings is 2. The van der Waals surface area contributed by atoms with Gasteiger partial charge < -0.3 is 29.2 Å². The van der Waals surface area contributed by atoms with Crippen molar-refractivity contribution in [3.05, 3.63) is 59.9 Å². The molecule has 8 nitrogen and oxygen atoms in total. The van der Waals surface area contributed by atoms with Crippen LogP contribution in [0.4, 0.5) is 0 Å². The van der Waals surface area contributed by atoms with Crippen LogP contribution in [0.15, 0.2) is 48.8 Å². The number of hydrogen-bond acceptors (Lipinski definition) is 6. The van der Waals surface area contributed by atoms with Gasteiger partial charge in [0, 0.05) is 47.3 Å². The lowest BCUT2D eigenvalue weighted by Gasteiger charge is -2.14. The van der Waals surface area contributed by atoms with Gasteiger partial charge >= 0.3 is 11.9 Å². The number of H-pyrrole nitrogens is 2. The number of aromatic amines is 2. The highest BCUT2D eigenvalue weighted by Crippen LogP contribution is 2.31. The second kappa shape index (κ2) is 12.3. The predicted octanol–water partition coefficient (Wildman–Crippen LogP) is 5.22. The number of rotatable bonds is 11. The Balaban J connectivity index is 1.06. The normalized spacial score (nSPS) is 16.3. The van der Waals surface area contributed by atoms with Crippen molar-refractivity contribution in [3.63, 3.8) is 0 Å². The van der Waals surface area contributed by atoms with E-state index in [9.17, 15) is 9.59 Å². The SMILES string of the molecule is O=C(CCC(=O)Oc1cccc2[nH]cc(CCN3CCCC3)c12)Oc1cccc2[nH]cc(CCN3CCCC3)c12. The molecule has 0 bridgehead atoms. The largest absolute Gasteiger partial charge is 0.426 e. The summed E-state index contributed by atoms with van der Waals surface area (Å²) < 4.78 is 11.5. The Hall–Kier alpha value is -3.62. The summed E-state index contributed by atoms with van der Waals surface area (Å²) >= 11 is 0. The quantitative estimate of drug-likeness (QED) is 0.200. The van der Waals surface area contributed by atoms with Gasteiger partial charge in [-0.25, -0.2) is 0 Å². The minimum Gasteiger partial charge on any atom is -0.426 e. The number of aromatic nitrogens is 2. The molecule has 4 aromatic rings. The van der Waals surface area contributed by atoms with Gasteiger partial charge in [-0.15, -0.1) is 0 Å². The van der Waals surface area contributed by atoms with Gasteiger partial charge in [-0.2, -0.15) is 0 Å². The molecule has 2 fully saturated rings. The fraction of sp³-hybridized carbons (Fsp3) is 0.438. The van der Waals surface area contributed by atoms with Crippen LogP contribution >= 0.6 is 0 Å². The molecule has 2 aliphatic heterocycles. The molecule has 0 aliphatic carbocycles. The van der Waals surface area contributed by atoms with Crippen LogP contribution in [0.5, 0.6) is 11.5 Å². The molecule has 0 radical (unpaired) electrons. The Morgan fingerprint density at radius 2 is 1.07 bits per heavy atom. The first-order chi connectivity index (χ1) is 19.6. The molecular formula is C32H38N4O4. The number of nitrogens with one attached hydrogen (secondary N) is 2. The van der Waals surface area contributed by atoms with Crippen molar-refractivity contribution >= 4 is 33.7 Å². The first-order valence-corrected chi connectivity index (χ1v) is 14.7. The fourth-order valence-electron chi connectivity index (χ4n) is 6.12. The Kier molecular flexibility index (Phi) is 8.16. The summed E-state index contributed by atoms with van der Waals surface area (Å²) in [6, 6.07) is 11.4. The second-order valence-corrected chi connectivity index (χ2v) is 11.0. The number of likely N-dealkylation sites (tertiary alicyclic amines) is 2. The summed E-state index contributed by atoms with van der Waals surface area (Å²) in [6.45, 7) is 6.60. The molecule has 2 N–H and O–H groups in total. The molecular weight excluding hydrogens is 504 g/mol. The van der Waals surface area contributed by atoms with Crippen LogP contribution in [0, 0.1) is 0 Å². The van der Waals surface area contributed by atoms with Crippen molar-refractivity contribution in [1.82, 2.24) is 19.8 Å². The zero-order chi connectivity index (χ0) is 27.3. The minimum atomic E-state index is -0.442. The average molecular weight is 543 g/mol. The number of hydrogen-bond donors (Lipinski definition) is 2. The number of fused-ring (bicyclic) bond motifs is 2. The maximum Gasteiger partial charge on any atom is 0.311 e. The van der Waals surface area contributed by atoms with Crippen LogP contribution in [-0.4, -0.2) is 71.0 Å². The van der Waals surface area contributed by atoms with E-state index in [0.29, 0.717) is 11.5 Å². The summed E-state index contributed by atoms with van der Waals surface area (Å²) in [5.41, 5.74) is 4.18. The van der Waals surface area contributed by atoms with E-state index in [1.807, 2.05) is 48.8 Å². The molecule has 0 atom stereocenters. The van der Waals surface area contributed by atoms with Crippen LogP contribution < -0.4 is 9.47 Å². The van der Waals surface area contributed by atoms with Crippen molar-refractivity contribution in [2.75, 3.05) is 39.3 Å². The van der Waals surface area contributed by atoms with Crippen LogP contribution in [0.25, 0.3) is 21.8 Å². The summed E-state index contributed by atoms with van der Waals surface area (Å²) in [6.07, 6.45) is 10.8. The van der Waals surface area contributed by atoms with E-state index in [1.54, 1.807) is 0 Å². The first kappa shape index (κ1) is 26.6. The Morgan fingerprint density at radius 3 is 1.50 bits per heavy atom. The molecule has 210 valence electrons. The number of carbonyl (C=O) groups excluding carboxylic acids is 2. The summed E-state index contributed by atoms with van der Waals surface area (Å²) in [5, 5.41) is 1.89. The minimum absolute atomic E-state index is 0.0479. The maximum absolute atomic E-state index is 12.8. The fourth-order valence-corrected chi connectivity index (χ4v) is 6.12. The van der Waals surface area contributed by atoms with Crippen LogP contribution in [-0.2, 0) is 22.4 Å². The molecule has 0 spiro atoms. The van der Waals surface area contributed by atoms with E-state index < -0.39 is 11.9 Å².